The third-order valence-corrected chi connectivity index (χ3v) is 6.68. The van der Waals surface area contributed by atoms with Crippen molar-refractivity contribution >= 4 is 33.7 Å². The minimum atomic E-state index is 0.159. The van der Waals surface area contributed by atoms with Crippen LogP contribution in [0.4, 0.5) is 11.8 Å². The summed E-state index contributed by atoms with van der Waals surface area (Å²) in [5, 5.41) is 13.1. The molecule has 1 saturated carbocycles. The third kappa shape index (κ3) is 3.88. The van der Waals surface area contributed by atoms with Crippen molar-refractivity contribution in [2.45, 2.75) is 38.8 Å². The van der Waals surface area contributed by atoms with Gasteiger partial charge in [-0.2, -0.15) is 10.1 Å². The Morgan fingerprint density at radius 1 is 1.03 bits per heavy atom. The number of fused-ring (bicyclic) bond motifs is 2. The van der Waals surface area contributed by atoms with Crippen LogP contribution < -0.4 is 15.5 Å². The van der Waals surface area contributed by atoms with Crippen LogP contribution in [-0.2, 0) is 0 Å². The molecule has 4 heterocycles. The number of hydrogen-bond donors (Lipinski definition) is 2. The number of anilines is 2. The summed E-state index contributed by atoms with van der Waals surface area (Å²) in [4.78, 5) is 17.0. The van der Waals surface area contributed by atoms with E-state index in [1.54, 1.807) is 0 Å². The van der Waals surface area contributed by atoms with Crippen molar-refractivity contribution in [3.8, 4) is 0 Å². The molecule has 1 aliphatic heterocycles. The first-order valence-corrected chi connectivity index (χ1v) is 12.0. The van der Waals surface area contributed by atoms with Gasteiger partial charge in [0.15, 0.2) is 5.82 Å². The number of benzene rings is 1. The standard InChI is InChI=1S/C25H30N8/c1-16(2)33-23-21(15-28-33)29-25(32-11-9-26-10-12-32)31-24(23)30-22(17-7-8-17)19-13-18-5-3-4-6-20(18)27-14-19/h3-6,13-17,22,26H,7-12H2,1-2H3,(H,29,30,31)/t22-/m1/s1. The summed E-state index contributed by atoms with van der Waals surface area (Å²) in [7, 11) is 0. The van der Waals surface area contributed by atoms with Gasteiger partial charge in [-0.3, -0.25) is 9.67 Å². The van der Waals surface area contributed by atoms with Crippen LogP contribution in [0, 0.1) is 5.92 Å². The van der Waals surface area contributed by atoms with Crippen LogP contribution in [0.1, 0.15) is 44.3 Å². The fourth-order valence-corrected chi connectivity index (χ4v) is 4.76. The summed E-state index contributed by atoms with van der Waals surface area (Å²) in [6, 6.07) is 11.0. The molecule has 1 aliphatic carbocycles. The summed E-state index contributed by atoms with van der Waals surface area (Å²) in [6.07, 6.45) is 6.32. The molecule has 0 unspecified atom stereocenters. The lowest BCUT2D eigenvalue weighted by atomic mass is 10.0. The smallest absolute Gasteiger partial charge is 0.228 e. The van der Waals surface area contributed by atoms with Gasteiger partial charge < -0.3 is 15.5 Å². The van der Waals surface area contributed by atoms with Gasteiger partial charge in [0.05, 0.1) is 17.8 Å². The SMILES string of the molecule is CC(C)n1ncc2nc(N3CCNCC3)nc(N[C@@H](c3cnc4ccccc4c3)C3CC3)c21. The lowest BCUT2D eigenvalue weighted by Gasteiger charge is -2.28. The van der Waals surface area contributed by atoms with E-state index in [0.29, 0.717) is 5.92 Å². The Bertz CT molecular complexity index is 1290. The number of pyridine rings is 1. The molecule has 2 aliphatic rings. The van der Waals surface area contributed by atoms with Gasteiger partial charge in [0.2, 0.25) is 5.95 Å². The van der Waals surface area contributed by atoms with Crippen LogP contribution in [0.5, 0.6) is 0 Å². The second kappa shape index (κ2) is 8.26. The highest BCUT2D eigenvalue weighted by molar-refractivity contribution is 5.87. The van der Waals surface area contributed by atoms with E-state index in [4.69, 9.17) is 15.0 Å². The lowest BCUT2D eigenvalue weighted by Crippen LogP contribution is -2.44. The molecule has 170 valence electrons. The van der Waals surface area contributed by atoms with Crippen molar-refractivity contribution in [2.75, 3.05) is 36.4 Å². The Morgan fingerprint density at radius 3 is 2.64 bits per heavy atom. The molecule has 33 heavy (non-hydrogen) atoms. The summed E-state index contributed by atoms with van der Waals surface area (Å²) < 4.78 is 2.03. The van der Waals surface area contributed by atoms with E-state index in [1.807, 2.05) is 23.1 Å². The van der Waals surface area contributed by atoms with E-state index in [2.05, 4.69) is 58.7 Å². The molecule has 0 bridgehead atoms. The molecule has 0 radical (unpaired) electrons. The molecule has 2 N–H and O–H groups in total. The average molecular weight is 443 g/mol. The molecule has 1 saturated heterocycles. The maximum atomic E-state index is 5.07. The molecule has 3 aromatic heterocycles. The van der Waals surface area contributed by atoms with Gasteiger partial charge in [0.1, 0.15) is 11.0 Å². The van der Waals surface area contributed by atoms with Crippen LogP contribution in [0.2, 0.25) is 0 Å². The molecule has 2 fully saturated rings. The number of aromatic nitrogens is 5. The van der Waals surface area contributed by atoms with Gasteiger partial charge in [-0.05, 0) is 50.3 Å². The highest BCUT2D eigenvalue weighted by atomic mass is 15.3. The van der Waals surface area contributed by atoms with Crippen molar-refractivity contribution in [1.29, 1.82) is 0 Å². The Labute approximate surface area is 193 Å². The van der Waals surface area contributed by atoms with Gasteiger partial charge in [-0.15, -0.1) is 0 Å². The molecular formula is C25H30N8. The largest absolute Gasteiger partial charge is 0.361 e. The zero-order valence-corrected chi connectivity index (χ0v) is 19.2. The molecule has 4 aromatic rings. The van der Waals surface area contributed by atoms with Crippen molar-refractivity contribution in [3.63, 3.8) is 0 Å². The number of para-hydroxylation sites is 1. The zero-order valence-electron chi connectivity index (χ0n) is 19.2. The van der Waals surface area contributed by atoms with Gasteiger partial charge in [-0.1, -0.05) is 18.2 Å². The minimum absolute atomic E-state index is 0.159. The Hall–Kier alpha value is -3.26. The van der Waals surface area contributed by atoms with Crippen molar-refractivity contribution in [2.24, 2.45) is 5.92 Å². The van der Waals surface area contributed by atoms with E-state index in [9.17, 15) is 0 Å². The highest BCUT2D eigenvalue weighted by Gasteiger charge is 2.34. The van der Waals surface area contributed by atoms with Crippen LogP contribution in [0.3, 0.4) is 0 Å². The van der Waals surface area contributed by atoms with E-state index in [1.165, 1.54) is 23.8 Å². The predicted octanol–water partition coefficient (Wildman–Crippen LogP) is 3.93. The molecule has 8 nitrogen and oxygen atoms in total. The van der Waals surface area contributed by atoms with Gasteiger partial charge in [0, 0.05) is 43.8 Å². The van der Waals surface area contributed by atoms with Gasteiger partial charge >= 0.3 is 0 Å². The van der Waals surface area contributed by atoms with Gasteiger partial charge in [-0.25, -0.2) is 4.98 Å². The predicted molar refractivity (Wildman–Crippen MR) is 132 cm³/mol. The van der Waals surface area contributed by atoms with E-state index >= 15 is 0 Å². The molecule has 6 rings (SSSR count). The lowest BCUT2D eigenvalue weighted by molar-refractivity contribution is 0.549. The molecule has 0 amide bonds. The van der Waals surface area contributed by atoms with E-state index < -0.39 is 0 Å². The fourth-order valence-electron chi connectivity index (χ4n) is 4.76. The van der Waals surface area contributed by atoms with Crippen LogP contribution in [0.25, 0.3) is 21.9 Å². The maximum absolute atomic E-state index is 5.07. The second-order valence-corrected chi connectivity index (χ2v) is 9.45. The normalized spacial score (nSPS) is 17.7. The molecule has 1 atom stereocenters. The Kier molecular flexibility index (Phi) is 5.10. The number of nitrogens with zero attached hydrogens (tertiary/aromatic N) is 6. The quantitative estimate of drug-likeness (QED) is 0.468. The molecule has 0 spiro atoms. The molecule has 1 aromatic carbocycles. The average Bonchev–Trinajstić information content (AvgIpc) is 3.60. The number of piperazine rings is 1. The summed E-state index contributed by atoms with van der Waals surface area (Å²) in [6.45, 7) is 8.00. The zero-order chi connectivity index (χ0) is 22.4. The molecular weight excluding hydrogens is 412 g/mol. The monoisotopic (exact) mass is 442 g/mol. The maximum Gasteiger partial charge on any atom is 0.228 e. The minimum Gasteiger partial charge on any atom is -0.361 e. The first-order valence-electron chi connectivity index (χ1n) is 12.0. The van der Waals surface area contributed by atoms with Crippen LogP contribution in [0.15, 0.2) is 42.7 Å². The Morgan fingerprint density at radius 2 is 1.85 bits per heavy atom. The van der Waals surface area contributed by atoms with Crippen LogP contribution >= 0.6 is 0 Å². The fraction of sp³-hybridized carbons (Fsp3) is 0.440. The summed E-state index contributed by atoms with van der Waals surface area (Å²) in [5.41, 5.74) is 4.10. The van der Waals surface area contributed by atoms with Crippen molar-refractivity contribution in [3.05, 3.63) is 48.3 Å². The van der Waals surface area contributed by atoms with Gasteiger partial charge in [0.25, 0.3) is 0 Å². The number of rotatable bonds is 6. The third-order valence-electron chi connectivity index (χ3n) is 6.68. The highest BCUT2D eigenvalue weighted by Crippen LogP contribution is 2.44. The second-order valence-electron chi connectivity index (χ2n) is 9.45. The summed E-state index contributed by atoms with van der Waals surface area (Å²) >= 11 is 0. The molecule has 8 heteroatoms. The Balaban J connectivity index is 1.44. The topological polar surface area (TPSA) is 83.8 Å². The number of nitrogens with one attached hydrogen (secondary N) is 2. The number of hydrogen-bond acceptors (Lipinski definition) is 7. The van der Waals surface area contributed by atoms with Crippen LogP contribution in [-0.4, -0.2) is 50.9 Å². The van der Waals surface area contributed by atoms with E-state index in [0.717, 1.165) is 54.5 Å². The van der Waals surface area contributed by atoms with E-state index in [-0.39, 0.29) is 12.1 Å². The van der Waals surface area contributed by atoms with Crippen molar-refractivity contribution in [1.82, 2.24) is 30.0 Å². The first-order chi connectivity index (χ1) is 16.2. The summed E-state index contributed by atoms with van der Waals surface area (Å²) in [5.74, 6) is 2.22. The first kappa shape index (κ1) is 20.4. The van der Waals surface area contributed by atoms with Crippen molar-refractivity contribution < 1.29 is 0 Å².